The van der Waals surface area contributed by atoms with Crippen LogP contribution < -0.4 is 0 Å². The van der Waals surface area contributed by atoms with Gasteiger partial charge in [-0.2, -0.15) is 11.8 Å². The number of nitrogens with zero attached hydrogens (tertiary/aromatic N) is 2. The minimum atomic E-state index is 0.249. The predicted octanol–water partition coefficient (Wildman–Crippen LogP) is 3.97. The number of amides is 1. The minimum absolute atomic E-state index is 0.249. The largest absolute Gasteiger partial charge is 0.376 e. The normalized spacial score (nSPS) is 21.1. The zero-order chi connectivity index (χ0) is 19.8. The molecule has 156 valence electrons. The Morgan fingerprint density at radius 3 is 2.68 bits per heavy atom. The Hall–Kier alpha value is -1.04. The summed E-state index contributed by atoms with van der Waals surface area (Å²) in [6, 6.07) is 8.69. The number of thioether (sulfide) groups is 1. The van der Waals surface area contributed by atoms with Gasteiger partial charge >= 0.3 is 0 Å². The Balaban J connectivity index is 1.49. The third-order valence-electron chi connectivity index (χ3n) is 6.16. The molecule has 0 aliphatic carbocycles. The number of ether oxygens (including phenoxy) is 1. The maximum atomic E-state index is 12.8. The molecule has 2 aliphatic rings. The lowest BCUT2D eigenvalue weighted by molar-refractivity contribution is -0.133. The number of carbonyl (C=O) groups excluding carboxylic acids is 1. The van der Waals surface area contributed by atoms with Crippen LogP contribution in [0.4, 0.5) is 0 Å². The van der Waals surface area contributed by atoms with Crippen molar-refractivity contribution in [2.45, 2.75) is 51.7 Å². The van der Waals surface area contributed by atoms with Crippen molar-refractivity contribution < 1.29 is 9.53 Å². The van der Waals surface area contributed by atoms with Gasteiger partial charge in [-0.25, -0.2) is 0 Å². The van der Waals surface area contributed by atoms with Crippen molar-refractivity contribution in [3.05, 3.63) is 35.4 Å². The van der Waals surface area contributed by atoms with Crippen molar-refractivity contribution in [1.82, 2.24) is 9.80 Å². The number of rotatable bonds is 9. The quantitative estimate of drug-likeness (QED) is 0.623. The molecule has 1 aromatic rings. The highest BCUT2D eigenvalue weighted by molar-refractivity contribution is 7.98. The van der Waals surface area contributed by atoms with Crippen molar-refractivity contribution in [1.29, 1.82) is 0 Å². The summed E-state index contributed by atoms with van der Waals surface area (Å²) in [5, 5.41) is 0. The van der Waals surface area contributed by atoms with E-state index in [1.54, 1.807) is 11.8 Å². The van der Waals surface area contributed by atoms with Crippen molar-refractivity contribution in [3.63, 3.8) is 0 Å². The molecule has 0 aromatic heterocycles. The highest BCUT2D eigenvalue weighted by atomic mass is 32.2. The number of benzene rings is 1. The lowest BCUT2D eigenvalue weighted by Gasteiger charge is -2.36. The second-order valence-electron chi connectivity index (χ2n) is 8.32. The smallest absolute Gasteiger partial charge is 0.223 e. The van der Waals surface area contributed by atoms with Crippen LogP contribution in [0.3, 0.4) is 0 Å². The molecule has 2 aliphatic heterocycles. The van der Waals surface area contributed by atoms with E-state index in [1.807, 2.05) is 0 Å². The highest BCUT2D eigenvalue weighted by Crippen LogP contribution is 2.23. The molecule has 2 heterocycles. The first-order chi connectivity index (χ1) is 13.7. The summed E-state index contributed by atoms with van der Waals surface area (Å²) < 4.78 is 5.81. The Morgan fingerprint density at radius 2 is 2.00 bits per heavy atom. The monoisotopic (exact) mass is 404 g/mol. The fourth-order valence-electron chi connectivity index (χ4n) is 4.33. The molecule has 0 spiro atoms. The zero-order valence-corrected chi connectivity index (χ0v) is 18.4. The van der Waals surface area contributed by atoms with Crippen molar-refractivity contribution >= 4 is 17.7 Å². The number of aryl methyl sites for hydroxylation is 1. The fraction of sp³-hybridized carbons (Fsp3) is 0.696. The van der Waals surface area contributed by atoms with E-state index in [4.69, 9.17) is 4.74 Å². The molecule has 1 atom stereocenters. The molecule has 1 aromatic carbocycles. The molecule has 4 nitrogen and oxygen atoms in total. The zero-order valence-electron chi connectivity index (χ0n) is 17.6. The Bertz CT molecular complexity index is 610. The fourth-order valence-corrected chi connectivity index (χ4v) is 4.71. The van der Waals surface area contributed by atoms with E-state index in [9.17, 15) is 4.79 Å². The molecule has 2 saturated heterocycles. The molecule has 1 amide bonds. The standard InChI is InChI=1S/C23H36N2O2S/c1-19-6-3-4-7-21(19)17-24-12-9-20(10-13-24)16-25(23(26)11-15-28-2)18-22-8-5-14-27-22/h3-4,6-7,20,22H,5,8-18H2,1-2H3/t22-/m1/s1. The number of likely N-dealkylation sites (tertiary alicyclic amines) is 1. The molecule has 0 bridgehead atoms. The molecule has 0 unspecified atom stereocenters. The number of hydrogen-bond acceptors (Lipinski definition) is 4. The van der Waals surface area contributed by atoms with Crippen molar-refractivity contribution in [2.24, 2.45) is 5.92 Å². The SMILES string of the molecule is CSCCC(=O)N(CC1CCN(Cc2ccccc2C)CC1)C[C@H]1CCCO1. The molecule has 0 radical (unpaired) electrons. The number of carbonyl (C=O) groups is 1. The van der Waals surface area contributed by atoms with Gasteiger partial charge in [-0.3, -0.25) is 9.69 Å². The Kier molecular flexibility index (Phi) is 8.68. The molecular weight excluding hydrogens is 368 g/mol. The Morgan fingerprint density at radius 1 is 1.21 bits per heavy atom. The minimum Gasteiger partial charge on any atom is -0.376 e. The second-order valence-corrected chi connectivity index (χ2v) is 9.31. The second kappa shape index (κ2) is 11.2. The van der Waals surface area contributed by atoms with E-state index in [-0.39, 0.29) is 6.10 Å². The van der Waals surface area contributed by atoms with E-state index in [2.05, 4.69) is 47.2 Å². The van der Waals surface area contributed by atoms with Crippen LogP contribution >= 0.6 is 11.8 Å². The van der Waals surface area contributed by atoms with Gasteiger partial charge in [0.05, 0.1) is 6.10 Å². The summed E-state index contributed by atoms with van der Waals surface area (Å²) >= 11 is 1.75. The maximum absolute atomic E-state index is 12.8. The third kappa shape index (κ3) is 6.50. The van der Waals surface area contributed by atoms with Crippen LogP contribution in [0.2, 0.25) is 0 Å². The summed E-state index contributed by atoms with van der Waals surface area (Å²) in [4.78, 5) is 17.4. The van der Waals surface area contributed by atoms with Gasteiger partial charge in [0.25, 0.3) is 0 Å². The van der Waals surface area contributed by atoms with Gasteiger partial charge in [-0.1, -0.05) is 24.3 Å². The van der Waals surface area contributed by atoms with Crippen LogP contribution in [0.1, 0.15) is 43.2 Å². The van der Waals surface area contributed by atoms with Crippen molar-refractivity contribution in [2.75, 3.05) is 44.8 Å². The van der Waals surface area contributed by atoms with Crippen molar-refractivity contribution in [3.8, 4) is 0 Å². The average Bonchev–Trinajstić information content (AvgIpc) is 3.22. The molecule has 5 heteroatoms. The van der Waals surface area contributed by atoms with Gasteiger partial charge in [-0.05, 0) is 69.0 Å². The molecule has 0 saturated carbocycles. The average molecular weight is 405 g/mol. The third-order valence-corrected chi connectivity index (χ3v) is 6.77. The summed E-state index contributed by atoms with van der Waals surface area (Å²) in [5.74, 6) is 1.84. The van der Waals surface area contributed by atoms with E-state index in [0.717, 1.165) is 57.9 Å². The van der Waals surface area contributed by atoms with E-state index in [1.165, 1.54) is 24.0 Å². The topological polar surface area (TPSA) is 32.8 Å². The molecule has 28 heavy (non-hydrogen) atoms. The maximum Gasteiger partial charge on any atom is 0.223 e. The van der Waals surface area contributed by atoms with Crippen LogP contribution in [0.25, 0.3) is 0 Å². The first kappa shape index (κ1) is 21.7. The van der Waals surface area contributed by atoms with Gasteiger partial charge in [0, 0.05) is 38.4 Å². The van der Waals surface area contributed by atoms with Gasteiger partial charge < -0.3 is 9.64 Å². The van der Waals surface area contributed by atoms with Gasteiger partial charge in [0.15, 0.2) is 0 Å². The molecular formula is C23H36N2O2S. The predicted molar refractivity (Wildman–Crippen MR) is 118 cm³/mol. The van der Waals surface area contributed by atoms with E-state index in [0.29, 0.717) is 18.2 Å². The van der Waals surface area contributed by atoms with Crippen LogP contribution in [-0.2, 0) is 16.1 Å². The van der Waals surface area contributed by atoms with Crippen LogP contribution in [0.15, 0.2) is 24.3 Å². The molecule has 2 fully saturated rings. The first-order valence-electron chi connectivity index (χ1n) is 10.8. The summed E-state index contributed by atoms with van der Waals surface area (Å²) in [6.45, 7) is 8.06. The number of piperidine rings is 1. The lowest BCUT2D eigenvalue weighted by Crippen LogP contribution is -2.43. The Labute approximate surface area is 175 Å². The van der Waals surface area contributed by atoms with Crippen LogP contribution in [0, 0.1) is 12.8 Å². The molecule has 3 rings (SSSR count). The first-order valence-corrected chi connectivity index (χ1v) is 12.2. The summed E-state index contributed by atoms with van der Waals surface area (Å²) in [6.07, 6.45) is 7.57. The highest BCUT2D eigenvalue weighted by Gasteiger charge is 2.27. The van der Waals surface area contributed by atoms with E-state index < -0.39 is 0 Å². The molecule has 0 N–H and O–H groups in total. The van der Waals surface area contributed by atoms with Crippen LogP contribution in [0.5, 0.6) is 0 Å². The van der Waals surface area contributed by atoms with E-state index >= 15 is 0 Å². The number of hydrogen-bond donors (Lipinski definition) is 0. The summed E-state index contributed by atoms with van der Waals surface area (Å²) in [5.41, 5.74) is 2.82. The van der Waals surface area contributed by atoms with Gasteiger partial charge in [0.1, 0.15) is 0 Å². The van der Waals surface area contributed by atoms with Gasteiger partial charge in [0.2, 0.25) is 5.91 Å². The van der Waals surface area contributed by atoms with Gasteiger partial charge in [-0.15, -0.1) is 0 Å². The van der Waals surface area contributed by atoms with Crippen LogP contribution in [-0.4, -0.2) is 66.6 Å². The summed E-state index contributed by atoms with van der Waals surface area (Å²) in [7, 11) is 0. The lowest BCUT2D eigenvalue weighted by atomic mass is 9.95.